The van der Waals surface area contributed by atoms with Gasteiger partial charge in [0.1, 0.15) is 0 Å². The van der Waals surface area contributed by atoms with Gasteiger partial charge in [-0.05, 0) is 31.2 Å². The zero-order valence-corrected chi connectivity index (χ0v) is 14.5. The molecule has 0 radical (unpaired) electrons. The van der Waals surface area contributed by atoms with Crippen LogP contribution in [0.25, 0.3) is 21.8 Å². The van der Waals surface area contributed by atoms with Crippen LogP contribution in [0, 0.1) is 0 Å². The summed E-state index contributed by atoms with van der Waals surface area (Å²) in [5.41, 5.74) is 1.88. The summed E-state index contributed by atoms with van der Waals surface area (Å²) in [4.78, 5) is 24.2. The average Bonchev–Trinajstić information content (AvgIpc) is 2.38. The molecule has 0 aliphatic carbocycles. The average molecular weight is 293 g/mol. The maximum atomic E-state index is 12.1. The molecule has 0 spiro atoms. The number of nitrogens with one attached hydrogen (secondary N) is 1. The van der Waals surface area contributed by atoms with Crippen LogP contribution >= 0.6 is 0 Å². The standard InChI is InChI=1S/C13H9NO.C2H4O2.K/c15-13-9-5-1-3-7-11(9)14-12-8-4-2-6-10(12)13;1-2(3)4;/h1-8H,(H,14,15);1H3,(H,3,4);/q;;+1/p-1. The predicted octanol–water partition coefficient (Wildman–Crippen LogP) is -1.56. The molecule has 0 fully saturated rings. The molecule has 0 saturated carbocycles. The topological polar surface area (TPSA) is 73.0 Å². The molecule has 2 aromatic carbocycles. The SMILES string of the molecule is CC(=O)[O-].O=c1c2ccccc2[nH]c2ccccc12.[K+]. The zero-order chi connectivity index (χ0) is 13.8. The van der Waals surface area contributed by atoms with Crippen LogP contribution in [0.15, 0.2) is 53.3 Å². The van der Waals surface area contributed by atoms with Crippen molar-refractivity contribution < 1.29 is 61.3 Å². The number of para-hydroxylation sites is 2. The molecule has 0 bridgehead atoms. The summed E-state index contributed by atoms with van der Waals surface area (Å²) in [6.07, 6.45) is 0. The first-order valence-electron chi connectivity index (χ1n) is 5.77. The normalized spacial score (nSPS) is 9.45. The van der Waals surface area contributed by atoms with Crippen molar-refractivity contribution in [1.82, 2.24) is 4.98 Å². The van der Waals surface area contributed by atoms with Gasteiger partial charge < -0.3 is 14.9 Å². The fourth-order valence-electron chi connectivity index (χ4n) is 1.87. The first-order chi connectivity index (χ1) is 9.09. The Morgan fingerprint density at radius 2 is 1.30 bits per heavy atom. The van der Waals surface area contributed by atoms with Gasteiger partial charge in [0, 0.05) is 27.8 Å². The number of carboxylic acid groups (broad SMARTS) is 1. The Morgan fingerprint density at radius 3 is 1.70 bits per heavy atom. The van der Waals surface area contributed by atoms with Gasteiger partial charge >= 0.3 is 51.4 Å². The van der Waals surface area contributed by atoms with E-state index in [2.05, 4.69) is 4.98 Å². The molecule has 0 saturated heterocycles. The van der Waals surface area contributed by atoms with Crippen molar-refractivity contribution in [2.45, 2.75) is 6.92 Å². The van der Waals surface area contributed by atoms with E-state index in [-0.39, 0.29) is 56.8 Å². The molecule has 0 atom stereocenters. The van der Waals surface area contributed by atoms with Gasteiger partial charge in [0.2, 0.25) is 0 Å². The number of H-pyrrole nitrogens is 1. The second-order valence-corrected chi connectivity index (χ2v) is 4.04. The minimum absolute atomic E-state index is 0. The van der Waals surface area contributed by atoms with Gasteiger partial charge in [-0.15, -0.1) is 0 Å². The van der Waals surface area contributed by atoms with Crippen LogP contribution in [-0.2, 0) is 4.79 Å². The number of carboxylic acids is 1. The van der Waals surface area contributed by atoms with Crippen LogP contribution in [0.5, 0.6) is 0 Å². The molecule has 5 heteroatoms. The third kappa shape index (κ3) is 4.00. The summed E-state index contributed by atoms with van der Waals surface area (Å²) >= 11 is 0. The van der Waals surface area contributed by atoms with E-state index < -0.39 is 5.97 Å². The smallest absolute Gasteiger partial charge is 0.550 e. The van der Waals surface area contributed by atoms with Gasteiger partial charge in [-0.3, -0.25) is 4.79 Å². The number of fused-ring (bicyclic) bond motifs is 2. The van der Waals surface area contributed by atoms with Crippen molar-refractivity contribution in [2.75, 3.05) is 0 Å². The van der Waals surface area contributed by atoms with Gasteiger partial charge in [0.05, 0.1) is 0 Å². The van der Waals surface area contributed by atoms with Crippen molar-refractivity contribution in [3.63, 3.8) is 0 Å². The largest absolute Gasteiger partial charge is 1.00 e. The molecule has 0 aliphatic heterocycles. The van der Waals surface area contributed by atoms with Crippen molar-refractivity contribution >= 4 is 27.8 Å². The Kier molecular flexibility index (Phi) is 6.58. The molecule has 1 aromatic heterocycles. The fourth-order valence-corrected chi connectivity index (χ4v) is 1.87. The molecule has 0 aliphatic rings. The monoisotopic (exact) mass is 293 g/mol. The van der Waals surface area contributed by atoms with Gasteiger partial charge in [-0.25, -0.2) is 0 Å². The maximum absolute atomic E-state index is 12.1. The number of aromatic nitrogens is 1. The van der Waals surface area contributed by atoms with E-state index in [1.807, 2.05) is 48.5 Å². The molecule has 1 heterocycles. The third-order valence-electron chi connectivity index (χ3n) is 2.61. The number of hydrogen-bond acceptors (Lipinski definition) is 3. The number of carbonyl (C=O) groups is 1. The minimum Gasteiger partial charge on any atom is -0.550 e. The molecule has 1 N–H and O–H groups in total. The summed E-state index contributed by atoms with van der Waals surface area (Å²) in [7, 11) is 0. The Balaban J connectivity index is 0.000000359. The zero-order valence-electron chi connectivity index (χ0n) is 11.3. The minimum atomic E-state index is -1.08. The number of aliphatic carboxylic acids is 1. The molecule has 0 unspecified atom stereocenters. The van der Waals surface area contributed by atoms with E-state index in [0.29, 0.717) is 0 Å². The van der Waals surface area contributed by atoms with Gasteiger partial charge in [0.25, 0.3) is 0 Å². The summed E-state index contributed by atoms with van der Waals surface area (Å²) in [5.74, 6) is -1.08. The van der Waals surface area contributed by atoms with Crippen LogP contribution < -0.4 is 61.9 Å². The number of hydrogen-bond donors (Lipinski definition) is 1. The van der Waals surface area contributed by atoms with Crippen LogP contribution in [0.4, 0.5) is 0 Å². The van der Waals surface area contributed by atoms with E-state index in [1.165, 1.54) is 0 Å². The van der Waals surface area contributed by atoms with Crippen molar-refractivity contribution in [3.05, 3.63) is 58.8 Å². The molecule has 20 heavy (non-hydrogen) atoms. The summed E-state index contributed by atoms with van der Waals surface area (Å²) in [5, 5.41) is 10.4. The molecule has 3 rings (SSSR count). The Hall–Kier alpha value is -0.984. The van der Waals surface area contributed by atoms with E-state index in [1.54, 1.807) is 0 Å². The molecule has 96 valence electrons. The number of pyridine rings is 1. The Morgan fingerprint density at radius 1 is 0.950 bits per heavy atom. The molecular formula is C15H12KNO3. The number of rotatable bonds is 0. The van der Waals surface area contributed by atoms with E-state index >= 15 is 0 Å². The molecule has 4 nitrogen and oxygen atoms in total. The first kappa shape index (κ1) is 17.1. The maximum Gasteiger partial charge on any atom is 1.00 e. The van der Waals surface area contributed by atoms with Crippen LogP contribution in [0.3, 0.4) is 0 Å². The summed E-state index contributed by atoms with van der Waals surface area (Å²) < 4.78 is 0. The first-order valence-corrected chi connectivity index (χ1v) is 5.77. The quantitative estimate of drug-likeness (QED) is 0.402. The van der Waals surface area contributed by atoms with Crippen LogP contribution in [0.2, 0.25) is 0 Å². The van der Waals surface area contributed by atoms with Gasteiger partial charge in [-0.2, -0.15) is 0 Å². The number of aromatic amines is 1. The van der Waals surface area contributed by atoms with Crippen molar-refractivity contribution in [1.29, 1.82) is 0 Å². The fraction of sp³-hybridized carbons (Fsp3) is 0.0667. The molecule has 0 amide bonds. The number of benzene rings is 2. The number of carbonyl (C=O) groups excluding carboxylic acids is 1. The molecular weight excluding hydrogens is 281 g/mol. The van der Waals surface area contributed by atoms with Crippen molar-refractivity contribution in [2.24, 2.45) is 0 Å². The van der Waals surface area contributed by atoms with Crippen LogP contribution in [-0.4, -0.2) is 11.0 Å². The van der Waals surface area contributed by atoms with E-state index in [9.17, 15) is 4.79 Å². The van der Waals surface area contributed by atoms with E-state index in [4.69, 9.17) is 9.90 Å². The predicted molar refractivity (Wildman–Crippen MR) is 72.8 cm³/mol. The third-order valence-corrected chi connectivity index (χ3v) is 2.61. The van der Waals surface area contributed by atoms with Gasteiger partial charge in [0.15, 0.2) is 5.43 Å². The van der Waals surface area contributed by atoms with Crippen LogP contribution in [0.1, 0.15) is 6.92 Å². The molecule has 3 aromatic rings. The Bertz CT molecular complexity index is 735. The van der Waals surface area contributed by atoms with E-state index in [0.717, 1.165) is 28.7 Å². The second-order valence-electron chi connectivity index (χ2n) is 4.04. The van der Waals surface area contributed by atoms with Crippen molar-refractivity contribution in [3.8, 4) is 0 Å². The van der Waals surface area contributed by atoms with Gasteiger partial charge in [-0.1, -0.05) is 24.3 Å². The Labute approximate surface area is 158 Å². The second kappa shape index (κ2) is 7.71. The summed E-state index contributed by atoms with van der Waals surface area (Å²) in [6, 6.07) is 15.1. The summed E-state index contributed by atoms with van der Waals surface area (Å²) in [6.45, 7) is 0.972.